The highest BCUT2D eigenvalue weighted by Gasteiger charge is 2.24. The molecule has 0 amide bonds. The number of halogens is 1. The highest BCUT2D eigenvalue weighted by Crippen LogP contribution is 2.34. The van der Waals surface area contributed by atoms with Crippen molar-refractivity contribution >= 4 is 27.4 Å². The maximum Gasteiger partial charge on any atom is 0.312 e. The van der Waals surface area contributed by atoms with E-state index < -0.39 is 11.0 Å². The first-order chi connectivity index (χ1) is 11.3. The van der Waals surface area contributed by atoms with Gasteiger partial charge in [-0.05, 0) is 36.1 Å². The normalized spacial score (nSPS) is 12.0. The summed E-state index contributed by atoms with van der Waals surface area (Å²) >= 11 is 3.20. The number of nitro benzene ring substituents is 1. The summed E-state index contributed by atoms with van der Waals surface area (Å²) in [5.41, 5.74) is 1.63. The van der Waals surface area contributed by atoms with Crippen molar-refractivity contribution in [1.82, 2.24) is 0 Å². The van der Waals surface area contributed by atoms with Crippen LogP contribution in [-0.2, 0) is 4.79 Å². The van der Waals surface area contributed by atoms with E-state index in [2.05, 4.69) is 29.8 Å². The van der Waals surface area contributed by atoms with Crippen LogP contribution in [0.4, 0.5) is 5.69 Å². The van der Waals surface area contributed by atoms with E-state index >= 15 is 0 Å². The van der Waals surface area contributed by atoms with Gasteiger partial charge in [-0.25, -0.2) is 0 Å². The van der Waals surface area contributed by atoms with E-state index in [1.807, 2.05) is 24.3 Å². The van der Waals surface area contributed by atoms with E-state index in [0.29, 0.717) is 16.0 Å². The SMILES string of the molecule is CC(=O)C(Oc1ccc(Br)cc1[N+](=O)[O-])c1ccc(C(C)C)cc1. The molecule has 2 aromatic rings. The average molecular weight is 392 g/mol. The summed E-state index contributed by atoms with van der Waals surface area (Å²) in [6.45, 7) is 5.57. The number of rotatable bonds is 6. The smallest absolute Gasteiger partial charge is 0.312 e. The van der Waals surface area contributed by atoms with Crippen molar-refractivity contribution in [1.29, 1.82) is 0 Å². The second-order valence-corrected chi connectivity index (χ2v) is 6.71. The topological polar surface area (TPSA) is 69.4 Å². The number of carbonyl (C=O) groups is 1. The van der Waals surface area contributed by atoms with E-state index in [9.17, 15) is 14.9 Å². The maximum absolute atomic E-state index is 12.0. The standard InChI is InChI=1S/C18H18BrNO4/c1-11(2)13-4-6-14(7-5-13)18(12(3)21)24-17-9-8-15(19)10-16(17)20(22)23/h4-11,18H,1-3H3. The molecule has 0 radical (unpaired) electrons. The number of hydrogen-bond acceptors (Lipinski definition) is 4. The quantitative estimate of drug-likeness (QED) is 0.501. The predicted molar refractivity (Wildman–Crippen MR) is 95.4 cm³/mol. The Kier molecular flexibility index (Phi) is 5.72. The number of ether oxygens (including phenoxy) is 1. The molecule has 0 saturated carbocycles. The Balaban J connectivity index is 2.36. The van der Waals surface area contributed by atoms with Gasteiger partial charge >= 0.3 is 5.69 Å². The van der Waals surface area contributed by atoms with Crippen LogP contribution in [0.5, 0.6) is 5.75 Å². The largest absolute Gasteiger partial charge is 0.471 e. The highest BCUT2D eigenvalue weighted by atomic mass is 79.9. The average Bonchev–Trinajstić information content (AvgIpc) is 2.53. The number of carbonyl (C=O) groups excluding carboxylic acids is 1. The molecule has 0 fully saturated rings. The molecule has 0 aliphatic heterocycles. The van der Waals surface area contributed by atoms with Gasteiger partial charge in [0, 0.05) is 10.5 Å². The lowest BCUT2D eigenvalue weighted by molar-refractivity contribution is -0.386. The molecule has 0 aliphatic carbocycles. The summed E-state index contributed by atoms with van der Waals surface area (Å²) in [5.74, 6) is 0.226. The maximum atomic E-state index is 12.0. The third-order valence-corrected chi connectivity index (χ3v) is 4.13. The molecule has 2 rings (SSSR count). The van der Waals surface area contributed by atoms with Crippen LogP contribution in [-0.4, -0.2) is 10.7 Å². The van der Waals surface area contributed by atoms with Gasteiger partial charge in [0.15, 0.2) is 17.6 Å². The Morgan fingerprint density at radius 1 is 1.12 bits per heavy atom. The molecular formula is C18H18BrNO4. The lowest BCUT2D eigenvalue weighted by Crippen LogP contribution is -2.16. The van der Waals surface area contributed by atoms with Crippen molar-refractivity contribution in [3.63, 3.8) is 0 Å². The number of benzene rings is 2. The summed E-state index contributed by atoms with van der Waals surface area (Å²) in [6.07, 6.45) is -0.883. The van der Waals surface area contributed by atoms with Crippen molar-refractivity contribution in [3.8, 4) is 5.75 Å². The van der Waals surface area contributed by atoms with E-state index in [0.717, 1.165) is 5.56 Å². The molecule has 5 nitrogen and oxygen atoms in total. The van der Waals surface area contributed by atoms with Gasteiger partial charge in [-0.3, -0.25) is 14.9 Å². The lowest BCUT2D eigenvalue weighted by atomic mass is 9.99. The minimum atomic E-state index is -0.883. The van der Waals surface area contributed by atoms with Crippen molar-refractivity contribution in [2.75, 3.05) is 0 Å². The third-order valence-electron chi connectivity index (χ3n) is 3.64. The first-order valence-electron chi connectivity index (χ1n) is 7.50. The summed E-state index contributed by atoms with van der Waals surface area (Å²) < 4.78 is 6.27. The fourth-order valence-electron chi connectivity index (χ4n) is 2.30. The monoisotopic (exact) mass is 391 g/mol. The van der Waals surface area contributed by atoms with Crippen LogP contribution in [0.25, 0.3) is 0 Å². The molecule has 0 aliphatic rings. The summed E-state index contributed by atoms with van der Waals surface area (Å²) in [7, 11) is 0. The van der Waals surface area contributed by atoms with Crippen LogP contribution < -0.4 is 4.74 Å². The number of nitrogens with zero attached hydrogens (tertiary/aromatic N) is 1. The molecule has 0 heterocycles. The Labute approximate surface area is 148 Å². The molecule has 0 spiro atoms. The van der Waals surface area contributed by atoms with Crippen LogP contribution in [0, 0.1) is 10.1 Å². The van der Waals surface area contributed by atoms with Crippen LogP contribution in [0.15, 0.2) is 46.9 Å². The van der Waals surface area contributed by atoms with Crippen molar-refractivity contribution < 1.29 is 14.5 Å². The number of nitro groups is 1. The van der Waals surface area contributed by atoms with Crippen LogP contribution in [0.3, 0.4) is 0 Å². The zero-order chi connectivity index (χ0) is 17.9. The third kappa shape index (κ3) is 4.20. The van der Waals surface area contributed by atoms with Gasteiger partial charge < -0.3 is 4.74 Å². The van der Waals surface area contributed by atoms with Gasteiger partial charge in [0.2, 0.25) is 0 Å². The predicted octanol–water partition coefficient (Wildman–Crippen LogP) is 5.19. The first-order valence-corrected chi connectivity index (χ1v) is 8.29. The van der Waals surface area contributed by atoms with Crippen molar-refractivity contribution in [2.24, 2.45) is 0 Å². The fourth-order valence-corrected chi connectivity index (χ4v) is 2.65. The summed E-state index contributed by atoms with van der Waals surface area (Å²) in [5, 5.41) is 11.2. The van der Waals surface area contributed by atoms with E-state index in [1.165, 1.54) is 19.1 Å². The molecule has 1 unspecified atom stereocenters. The molecule has 0 N–H and O–H groups in total. The Bertz CT molecular complexity index is 756. The molecule has 126 valence electrons. The van der Waals surface area contributed by atoms with Crippen LogP contribution in [0.2, 0.25) is 0 Å². The van der Waals surface area contributed by atoms with Gasteiger partial charge in [-0.15, -0.1) is 0 Å². The summed E-state index contributed by atoms with van der Waals surface area (Å²) in [4.78, 5) is 22.7. The lowest BCUT2D eigenvalue weighted by Gasteiger charge is -2.18. The van der Waals surface area contributed by atoms with Gasteiger partial charge in [-0.2, -0.15) is 0 Å². The molecule has 0 saturated heterocycles. The number of ketones is 1. The Morgan fingerprint density at radius 2 is 1.71 bits per heavy atom. The zero-order valence-electron chi connectivity index (χ0n) is 13.7. The number of Topliss-reactive ketones (excluding diaryl/α,β-unsaturated/α-hetero) is 1. The number of hydrogen-bond donors (Lipinski definition) is 0. The molecular weight excluding hydrogens is 374 g/mol. The van der Waals surface area contributed by atoms with E-state index in [1.54, 1.807) is 6.07 Å². The molecule has 24 heavy (non-hydrogen) atoms. The molecule has 0 bridgehead atoms. The molecule has 1 atom stereocenters. The molecule has 6 heteroatoms. The van der Waals surface area contributed by atoms with Gasteiger partial charge in [0.05, 0.1) is 4.92 Å². The molecule has 2 aromatic carbocycles. The second-order valence-electron chi connectivity index (χ2n) is 5.80. The minimum Gasteiger partial charge on any atom is -0.471 e. The van der Waals surface area contributed by atoms with Gasteiger partial charge in [-0.1, -0.05) is 54.0 Å². The van der Waals surface area contributed by atoms with Crippen LogP contribution >= 0.6 is 15.9 Å². The van der Waals surface area contributed by atoms with Crippen molar-refractivity contribution in [2.45, 2.75) is 32.8 Å². The van der Waals surface area contributed by atoms with E-state index in [-0.39, 0.29) is 17.2 Å². The highest BCUT2D eigenvalue weighted by molar-refractivity contribution is 9.10. The fraction of sp³-hybridized carbons (Fsp3) is 0.278. The van der Waals surface area contributed by atoms with Crippen molar-refractivity contribution in [3.05, 3.63) is 68.2 Å². The molecule has 0 aromatic heterocycles. The second kappa shape index (κ2) is 7.57. The Hall–Kier alpha value is -2.21. The van der Waals surface area contributed by atoms with Crippen LogP contribution in [0.1, 0.15) is 43.9 Å². The Morgan fingerprint density at radius 3 is 2.21 bits per heavy atom. The van der Waals surface area contributed by atoms with Gasteiger partial charge in [0.1, 0.15) is 0 Å². The van der Waals surface area contributed by atoms with E-state index in [4.69, 9.17) is 4.74 Å². The first kappa shape index (κ1) is 18.1. The zero-order valence-corrected chi connectivity index (χ0v) is 15.2. The summed E-state index contributed by atoms with van der Waals surface area (Å²) in [6, 6.07) is 12.0. The van der Waals surface area contributed by atoms with Gasteiger partial charge in [0.25, 0.3) is 0 Å². The minimum absolute atomic E-state index is 0.0661.